The largest absolute Gasteiger partial charge is 0.387 e. The third-order valence-electron chi connectivity index (χ3n) is 2.05. The van der Waals surface area contributed by atoms with Gasteiger partial charge < -0.3 is 35.3 Å². The molecule has 8 nitrogen and oxygen atoms in total. The van der Waals surface area contributed by atoms with Crippen LogP contribution in [0, 0.1) is 0 Å². The smallest absolute Gasteiger partial charge is 0.346 e. The van der Waals surface area contributed by atoms with Crippen molar-refractivity contribution in [3.8, 4) is 0 Å². The zero-order valence-electron chi connectivity index (χ0n) is 7.81. The number of carbonyl (C=O) groups excluding carboxylic acids is 1. The Bertz CT molecular complexity index is 236. The molecule has 0 bridgehead atoms. The second-order valence-electron chi connectivity index (χ2n) is 3.22. The van der Waals surface area contributed by atoms with Crippen LogP contribution in [-0.4, -0.2) is 58.7 Å². The number of carbonyl (C=O) groups is 1. The number of nitrogens with two attached hydrogens (primary N) is 2. The van der Waals surface area contributed by atoms with Gasteiger partial charge in [-0.25, -0.2) is 0 Å². The SMILES string of the molecule is NCC1OC(N)(O)OC1C(O)C(O)C=O. The van der Waals surface area contributed by atoms with E-state index in [1.54, 1.807) is 0 Å². The van der Waals surface area contributed by atoms with Crippen LogP contribution in [0.5, 0.6) is 0 Å². The molecule has 0 aliphatic carbocycles. The van der Waals surface area contributed by atoms with Crippen molar-refractivity contribution in [1.82, 2.24) is 0 Å². The summed E-state index contributed by atoms with van der Waals surface area (Å²) >= 11 is 0. The predicted molar refractivity (Wildman–Crippen MR) is 46.0 cm³/mol. The van der Waals surface area contributed by atoms with Crippen LogP contribution in [0.2, 0.25) is 0 Å². The van der Waals surface area contributed by atoms with Gasteiger partial charge in [-0.3, -0.25) is 5.73 Å². The van der Waals surface area contributed by atoms with Gasteiger partial charge in [0.2, 0.25) is 0 Å². The molecule has 0 aromatic carbocycles. The Kier molecular flexibility index (Phi) is 3.73. The van der Waals surface area contributed by atoms with E-state index in [9.17, 15) is 9.90 Å². The summed E-state index contributed by atoms with van der Waals surface area (Å²) in [4.78, 5) is 10.2. The molecule has 15 heavy (non-hydrogen) atoms. The second-order valence-corrected chi connectivity index (χ2v) is 3.22. The lowest BCUT2D eigenvalue weighted by Gasteiger charge is -2.22. The van der Waals surface area contributed by atoms with E-state index in [2.05, 4.69) is 0 Å². The molecule has 1 aliphatic rings. The van der Waals surface area contributed by atoms with E-state index in [1.165, 1.54) is 0 Å². The molecule has 1 rings (SSSR count). The Morgan fingerprint density at radius 2 is 2.07 bits per heavy atom. The zero-order chi connectivity index (χ0) is 11.6. The Morgan fingerprint density at radius 1 is 1.47 bits per heavy atom. The number of hydrogen-bond acceptors (Lipinski definition) is 8. The fourth-order valence-electron chi connectivity index (χ4n) is 1.33. The molecule has 1 aliphatic heterocycles. The van der Waals surface area contributed by atoms with Crippen molar-refractivity contribution < 1.29 is 29.6 Å². The average Bonchev–Trinajstić information content (AvgIpc) is 2.51. The van der Waals surface area contributed by atoms with E-state index in [4.69, 9.17) is 31.2 Å². The Hall–Kier alpha value is -0.610. The summed E-state index contributed by atoms with van der Waals surface area (Å²) in [5, 5.41) is 27.7. The van der Waals surface area contributed by atoms with Gasteiger partial charge in [-0.15, -0.1) is 0 Å². The van der Waals surface area contributed by atoms with E-state index in [0.717, 1.165) is 0 Å². The number of aliphatic hydroxyl groups is 3. The predicted octanol–water partition coefficient (Wildman–Crippen LogP) is -3.79. The molecule has 1 fully saturated rings. The number of rotatable bonds is 4. The summed E-state index contributed by atoms with van der Waals surface area (Å²) in [5.41, 5.74) is 10.4. The Balaban J connectivity index is 2.72. The zero-order valence-corrected chi connectivity index (χ0v) is 7.81. The Morgan fingerprint density at radius 3 is 2.53 bits per heavy atom. The topological polar surface area (TPSA) is 148 Å². The van der Waals surface area contributed by atoms with Gasteiger partial charge in [0, 0.05) is 6.54 Å². The first kappa shape index (κ1) is 12.5. The minimum Gasteiger partial charge on any atom is -0.387 e. The van der Waals surface area contributed by atoms with Crippen LogP contribution in [-0.2, 0) is 14.3 Å². The number of ether oxygens (including phenoxy) is 2. The van der Waals surface area contributed by atoms with Gasteiger partial charge in [0.05, 0.1) is 0 Å². The summed E-state index contributed by atoms with van der Waals surface area (Å²) in [6, 6.07) is 0. The van der Waals surface area contributed by atoms with Crippen molar-refractivity contribution in [2.45, 2.75) is 30.5 Å². The molecule has 0 aromatic rings. The van der Waals surface area contributed by atoms with Crippen molar-refractivity contribution >= 4 is 6.29 Å². The van der Waals surface area contributed by atoms with E-state index >= 15 is 0 Å². The van der Waals surface area contributed by atoms with Gasteiger partial charge in [0.15, 0.2) is 6.29 Å². The number of hydrogen-bond donors (Lipinski definition) is 5. The summed E-state index contributed by atoms with van der Waals surface area (Å²) in [5.74, 6) is 0. The molecule has 5 atom stereocenters. The van der Waals surface area contributed by atoms with Crippen molar-refractivity contribution in [2.75, 3.05) is 6.54 Å². The van der Waals surface area contributed by atoms with Crippen molar-refractivity contribution in [2.24, 2.45) is 11.5 Å². The highest BCUT2D eigenvalue weighted by Gasteiger charge is 2.48. The van der Waals surface area contributed by atoms with Crippen molar-refractivity contribution in [3.63, 3.8) is 0 Å². The molecule has 0 aromatic heterocycles. The van der Waals surface area contributed by atoms with Crippen LogP contribution >= 0.6 is 0 Å². The molecule has 0 radical (unpaired) electrons. The molecular formula is C7H14N2O6. The highest BCUT2D eigenvalue weighted by atomic mass is 16.9. The summed E-state index contributed by atoms with van der Waals surface area (Å²) < 4.78 is 9.42. The molecule has 1 heterocycles. The lowest BCUT2D eigenvalue weighted by molar-refractivity contribution is -0.316. The summed E-state index contributed by atoms with van der Waals surface area (Å²) in [6.07, 6.45) is -7.50. The van der Waals surface area contributed by atoms with Crippen molar-refractivity contribution in [1.29, 1.82) is 0 Å². The third-order valence-corrected chi connectivity index (χ3v) is 2.05. The van der Waals surface area contributed by atoms with Gasteiger partial charge in [-0.2, -0.15) is 0 Å². The maximum atomic E-state index is 10.2. The lowest BCUT2D eigenvalue weighted by atomic mass is 10.0. The van der Waals surface area contributed by atoms with E-state index < -0.39 is 30.5 Å². The van der Waals surface area contributed by atoms with Gasteiger partial charge in [0.25, 0.3) is 0 Å². The van der Waals surface area contributed by atoms with Gasteiger partial charge in [-0.05, 0) is 0 Å². The van der Waals surface area contributed by atoms with Crippen LogP contribution in [0.1, 0.15) is 0 Å². The van der Waals surface area contributed by atoms with Gasteiger partial charge in [-0.1, -0.05) is 0 Å². The molecule has 7 N–H and O–H groups in total. The fraction of sp³-hybridized carbons (Fsp3) is 0.857. The molecule has 0 saturated carbocycles. The summed E-state index contributed by atoms with van der Waals surface area (Å²) in [7, 11) is 0. The van der Waals surface area contributed by atoms with Crippen LogP contribution in [0.4, 0.5) is 0 Å². The summed E-state index contributed by atoms with van der Waals surface area (Å²) in [6.45, 7) is -0.0905. The van der Waals surface area contributed by atoms with Crippen LogP contribution < -0.4 is 11.5 Å². The average molecular weight is 222 g/mol. The second kappa shape index (κ2) is 4.49. The Labute approximate surface area is 85.4 Å². The van der Waals surface area contributed by atoms with E-state index in [0.29, 0.717) is 0 Å². The lowest BCUT2D eigenvalue weighted by Crippen LogP contribution is -2.46. The van der Waals surface area contributed by atoms with Gasteiger partial charge in [0.1, 0.15) is 24.4 Å². The monoisotopic (exact) mass is 222 g/mol. The number of aliphatic hydroxyl groups excluding tert-OH is 2. The normalized spacial score (nSPS) is 40.1. The molecule has 0 amide bonds. The first-order chi connectivity index (χ1) is 6.91. The van der Waals surface area contributed by atoms with E-state index in [-0.39, 0.29) is 12.8 Å². The van der Waals surface area contributed by atoms with Crippen LogP contribution in [0.15, 0.2) is 0 Å². The minimum absolute atomic E-state index is 0.0905. The molecule has 0 spiro atoms. The molecule has 88 valence electrons. The first-order valence-corrected chi connectivity index (χ1v) is 4.29. The van der Waals surface area contributed by atoms with Crippen molar-refractivity contribution in [3.05, 3.63) is 0 Å². The number of aldehydes is 1. The van der Waals surface area contributed by atoms with Gasteiger partial charge >= 0.3 is 6.10 Å². The highest BCUT2D eigenvalue weighted by molar-refractivity contribution is 5.56. The molecule has 1 saturated heterocycles. The van der Waals surface area contributed by atoms with Crippen LogP contribution in [0.3, 0.4) is 0 Å². The molecular weight excluding hydrogens is 208 g/mol. The fourth-order valence-corrected chi connectivity index (χ4v) is 1.33. The third kappa shape index (κ3) is 2.69. The van der Waals surface area contributed by atoms with E-state index in [1.807, 2.05) is 0 Å². The molecule has 5 unspecified atom stereocenters. The molecule has 8 heteroatoms. The maximum absolute atomic E-state index is 10.2. The first-order valence-electron chi connectivity index (χ1n) is 4.29. The maximum Gasteiger partial charge on any atom is 0.346 e. The minimum atomic E-state index is -2.36. The standard InChI is InChI=1S/C7H14N2O6/c8-1-4-6(5(12)3(11)2-10)15-7(9,13)14-4/h2-6,11-13H,1,8-9H2. The van der Waals surface area contributed by atoms with Crippen LogP contribution in [0.25, 0.3) is 0 Å². The quantitative estimate of drug-likeness (QED) is 0.240. The highest BCUT2D eigenvalue weighted by Crippen LogP contribution is 2.25.